The smallest absolute Gasteiger partial charge is 0.273 e. The van der Waals surface area contributed by atoms with E-state index in [1.807, 2.05) is 46.9 Å². The van der Waals surface area contributed by atoms with Crippen LogP contribution in [0.5, 0.6) is 5.75 Å². The van der Waals surface area contributed by atoms with Crippen LogP contribution in [-0.2, 0) is 20.4 Å². The Labute approximate surface area is 218 Å². The number of sulfone groups is 1. The molecule has 10 nitrogen and oxygen atoms in total. The molecule has 1 atom stereocenters. The van der Waals surface area contributed by atoms with Gasteiger partial charge in [-0.1, -0.05) is 11.2 Å². The molecule has 0 amide bonds. The van der Waals surface area contributed by atoms with Gasteiger partial charge in [-0.25, -0.2) is 22.8 Å². The number of piperidine rings is 1. The topological polar surface area (TPSA) is 111 Å². The van der Waals surface area contributed by atoms with Gasteiger partial charge in [0, 0.05) is 24.2 Å². The summed E-state index contributed by atoms with van der Waals surface area (Å²) >= 11 is 0. The molecule has 2 spiro atoms. The van der Waals surface area contributed by atoms with Crippen LogP contribution in [0.3, 0.4) is 0 Å². The fraction of sp³-hybridized carbons (Fsp3) is 0.346. The fourth-order valence-electron chi connectivity index (χ4n) is 6.13. The molecule has 0 bridgehead atoms. The van der Waals surface area contributed by atoms with Gasteiger partial charge in [-0.05, 0) is 42.7 Å². The molecule has 6 heterocycles. The van der Waals surface area contributed by atoms with Gasteiger partial charge in [0.25, 0.3) is 5.72 Å². The van der Waals surface area contributed by atoms with Crippen molar-refractivity contribution in [1.29, 1.82) is 0 Å². The molecule has 1 unspecified atom stereocenters. The molecule has 2 saturated heterocycles. The number of halogens is 1. The number of pyridine rings is 1. The molecule has 196 valence electrons. The lowest BCUT2D eigenvalue weighted by Crippen LogP contribution is -2.63. The molecule has 2 fully saturated rings. The second kappa shape index (κ2) is 7.79. The number of nitrogens with one attached hydrogen (secondary N) is 1. The van der Waals surface area contributed by atoms with E-state index in [0.717, 1.165) is 28.7 Å². The van der Waals surface area contributed by atoms with E-state index in [2.05, 4.69) is 20.4 Å². The maximum Gasteiger partial charge on any atom is 0.273 e. The highest BCUT2D eigenvalue weighted by Gasteiger charge is 2.61. The summed E-state index contributed by atoms with van der Waals surface area (Å²) in [5.41, 5.74) is 3.05. The normalized spacial score (nSPS) is 25.0. The average Bonchev–Trinajstić information content (AvgIpc) is 3.56. The van der Waals surface area contributed by atoms with Crippen molar-refractivity contribution in [2.75, 3.05) is 37.0 Å². The third-order valence-electron chi connectivity index (χ3n) is 7.65. The molecule has 0 aliphatic carbocycles. The number of aromatic nitrogens is 3. The van der Waals surface area contributed by atoms with E-state index >= 15 is 0 Å². The number of hydrogen-bond acceptors (Lipinski definition) is 9. The van der Waals surface area contributed by atoms with E-state index in [1.54, 1.807) is 13.4 Å². The second-order valence-corrected chi connectivity index (χ2v) is 12.6. The highest BCUT2D eigenvalue weighted by molar-refractivity contribution is 7.92. The summed E-state index contributed by atoms with van der Waals surface area (Å²) in [5, 5.41) is 7.66. The molecule has 4 aliphatic heterocycles. The zero-order chi connectivity index (χ0) is 26.3. The first kappa shape index (κ1) is 23.2. The molecule has 0 radical (unpaired) electrons. The van der Waals surface area contributed by atoms with Crippen molar-refractivity contribution in [2.24, 2.45) is 10.6 Å². The Kier molecular flexibility index (Phi) is 4.76. The van der Waals surface area contributed by atoms with Gasteiger partial charge in [-0.3, -0.25) is 0 Å². The summed E-state index contributed by atoms with van der Waals surface area (Å²) in [6.45, 7) is 2.69. The van der Waals surface area contributed by atoms with Crippen molar-refractivity contribution in [2.45, 2.75) is 19.1 Å². The van der Waals surface area contributed by atoms with Crippen LogP contribution in [-0.4, -0.2) is 65.4 Å². The molecule has 3 aromatic rings. The molecule has 7 rings (SSSR count). The lowest BCUT2D eigenvalue weighted by Gasteiger charge is -2.50. The third-order valence-corrected chi connectivity index (χ3v) is 9.75. The number of ether oxygens (including phenoxy) is 1. The van der Waals surface area contributed by atoms with Gasteiger partial charge in [-0.15, -0.1) is 0 Å². The molecule has 4 aliphatic rings. The molecule has 1 aromatic carbocycles. The average molecular weight is 537 g/mol. The number of methoxy groups -OCH3 is 1. The molecular weight excluding hydrogens is 511 g/mol. The molecular formula is C26H25FN6O4S. The number of rotatable bonds is 3. The number of imidazole rings is 1. The zero-order valence-corrected chi connectivity index (χ0v) is 21.6. The minimum absolute atomic E-state index is 0.0938. The zero-order valence-electron chi connectivity index (χ0n) is 20.8. The van der Waals surface area contributed by atoms with Crippen LogP contribution < -0.4 is 10.1 Å². The van der Waals surface area contributed by atoms with Gasteiger partial charge >= 0.3 is 0 Å². The number of nitrogens with zero attached hydrogens (tertiary/aromatic N) is 5. The van der Waals surface area contributed by atoms with Crippen LogP contribution in [0.15, 0.2) is 53.7 Å². The van der Waals surface area contributed by atoms with Gasteiger partial charge in [-0.2, -0.15) is 0 Å². The van der Waals surface area contributed by atoms with E-state index in [0.29, 0.717) is 42.5 Å². The predicted octanol–water partition coefficient (Wildman–Crippen LogP) is 2.85. The SMILES string of the molecule is COc1cc(/C=C2\CC3(CN4C2=NOC42CNc4cc(F)cnc42)CS(=O)(=O)C3)ccc1-n1cnc(C)c1. The minimum Gasteiger partial charge on any atom is -0.495 e. The Bertz CT molecular complexity index is 1650. The van der Waals surface area contributed by atoms with Crippen molar-refractivity contribution in [3.63, 3.8) is 0 Å². The highest BCUT2D eigenvalue weighted by Crippen LogP contribution is 2.52. The van der Waals surface area contributed by atoms with Crippen molar-refractivity contribution >= 4 is 27.4 Å². The number of benzene rings is 1. The first-order valence-corrected chi connectivity index (χ1v) is 14.1. The summed E-state index contributed by atoms with van der Waals surface area (Å²) in [6.07, 6.45) is 7.38. The van der Waals surface area contributed by atoms with Crippen LogP contribution in [0.25, 0.3) is 11.8 Å². The van der Waals surface area contributed by atoms with E-state index in [1.165, 1.54) is 6.07 Å². The van der Waals surface area contributed by atoms with E-state index in [-0.39, 0.29) is 11.5 Å². The maximum atomic E-state index is 13.9. The van der Waals surface area contributed by atoms with Gasteiger partial charge in [0.1, 0.15) is 17.3 Å². The summed E-state index contributed by atoms with van der Waals surface area (Å²) in [5.74, 6) is 1.05. The minimum atomic E-state index is -3.10. The number of hydrogen-bond donors (Lipinski definition) is 1. The number of fused-ring (bicyclic) bond motifs is 4. The fourth-order valence-corrected chi connectivity index (χ4v) is 8.30. The van der Waals surface area contributed by atoms with Crippen LogP contribution in [0.2, 0.25) is 0 Å². The summed E-state index contributed by atoms with van der Waals surface area (Å²) in [6, 6.07) is 7.26. The largest absolute Gasteiger partial charge is 0.495 e. The van der Waals surface area contributed by atoms with E-state index in [4.69, 9.17) is 9.57 Å². The van der Waals surface area contributed by atoms with Gasteiger partial charge in [0.15, 0.2) is 15.7 Å². The summed E-state index contributed by atoms with van der Waals surface area (Å²) < 4.78 is 46.1. The molecule has 2 aromatic heterocycles. The first-order valence-electron chi connectivity index (χ1n) is 12.2. The summed E-state index contributed by atoms with van der Waals surface area (Å²) in [7, 11) is -1.48. The van der Waals surface area contributed by atoms with Crippen molar-refractivity contribution < 1.29 is 22.4 Å². The van der Waals surface area contributed by atoms with Crippen LogP contribution in [0.4, 0.5) is 10.1 Å². The van der Waals surface area contributed by atoms with Gasteiger partial charge in [0.05, 0.1) is 54.8 Å². The van der Waals surface area contributed by atoms with E-state index in [9.17, 15) is 12.8 Å². The maximum absolute atomic E-state index is 13.9. The predicted molar refractivity (Wildman–Crippen MR) is 138 cm³/mol. The lowest BCUT2D eigenvalue weighted by molar-refractivity contribution is -0.103. The Balaban J connectivity index is 1.29. The van der Waals surface area contributed by atoms with Crippen molar-refractivity contribution in [1.82, 2.24) is 19.4 Å². The Hall–Kier alpha value is -3.93. The van der Waals surface area contributed by atoms with Crippen LogP contribution in [0, 0.1) is 18.2 Å². The standard InChI is InChI=1S/C26H25FN6O4S/c1-16-10-32(15-30-16)21-4-3-17(6-22(21)36-2)5-18-8-25(13-38(34,35)14-25)12-33-24(18)31-37-26(33)11-29-20-7-19(27)9-28-23(20)26/h3-7,9-10,15,29H,8,11-14H2,1-2H3/b18-5+. The highest BCUT2D eigenvalue weighted by atomic mass is 32.2. The van der Waals surface area contributed by atoms with Crippen LogP contribution >= 0.6 is 0 Å². The first-order chi connectivity index (χ1) is 18.2. The van der Waals surface area contributed by atoms with Gasteiger partial charge < -0.3 is 24.4 Å². The van der Waals surface area contributed by atoms with Crippen molar-refractivity contribution in [3.05, 3.63) is 71.3 Å². The number of amidine groups is 1. The number of anilines is 1. The Morgan fingerprint density at radius 2 is 2.08 bits per heavy atom. The Morgan fingerprint density at radius 3 is 2.82 bits per heavy atom. The van der Waals surface area contributed by atoms with Crippen molar-refractivity contribution in [3.8, 4) is 11.4 Å². The third kappa shape index (κ3) is 3.43. The number of oxime groups is 1. The Morgan fingerprint density at radius 1 is 1.24 bits per heavy atom. The molecule has 1 N–H and O–H groups in total. The second-order valence-electron chi connectivity index (χ2n) is 10.5. The van der Waals surface area contributed by atoms with E-state index < -0.39 is 26.8 Å². The monoisotopic (exact) mass is 536 g/mol. The van der Waals surface area contributed by atoms with Crippen LogP contribution in [0.1, 0.15) is 23.4 Å². The quantitative estimate of drug-likeness (QED) is 0.544. The lowest BCUT2D eigenvalue weighted by atomic mass is 9.78. The molecule has 12 heteroatoms. The molecule has 0 saturated carbocycles. The molecule has 38 heavy (non-hydrogen) atoms. The number of aryl methyl sites for hydroxylation is 1. The summed E-state index contributed by atoms with van der Waals surface area (Å²) in [4.78, 5) is 16.7. The van der Waals surface area contributed by atoms with Gasteiger partial charge in [0.2, 0.25) is 0 Å².